The average Bonchev–Trinajstić information content (AvgIpc) is 2.42. The van der Waals surface area contributed by atoms with Crippen LogP contribution in [0.2, 0.25) is 5.02 Å². The van der Waals surface area contributed by atoms with E-state index in [9.17, 15) is 0 Å². The van der Waals surface area contributed by atoms with Crippen LogP contribution in [0, 0.1) is 5.92 Å². The van der Waals surface area contributed by atoms with Crippen molar-refractivity contribution < 1.29 is 0 Å². The second-order valence-electron chi connectivity index (χ2n) is 6.37. The molecule has 118 valence electrons. The highest BCUT2D eigenvalue weighted by atomic mass is 79.9. The molecule has 1 heterocycles. The summed E-state index contributed by atoms with van der Waals surface area (Å²) < 4.78 is 1.04. The molecule has 2 nitrogen and oxygen atoms in total. The van der Waals surface area contributed by atoms with Gasteiger partial charge in [-0.05, 0) is 30.0 Å². The Morgan fingerprint density at radius 3 is 2.81 bits per heavy atom. The van der Waals surface area contributed by atoms with Crippen LogP contribution in [0.25, 0.3) is 0 Å². The quantitative estimate of drug-likeness (QED) is 0.804. The van der Waals surface area contributed by atoms with Gasteiger partial charge in [-0.15, -0.1) is 0 Å². The Bertz CT molecular complexity index is 464. The number of piperazine rings is 1. The summed E-state index contributed by atoms with van der Waals surface area (Å²) in [6, 6.07) is 7.40. The zero-order chi connectivity index (χ0) is 15.4. The molecule has 21 heavy (non-hydrogen) atoms. The first-order valence-corrected chi connectivity index (χ1v) is 9.09. The number of rotatable bonds is 5. The summed E-state index contributed by atoms with van der Waals surface area (Å²) in [7, 11) is 0. The zero-order valence-electron chi connectivity index (χ0n) is 13.2. The van der Waals surface area contributed by atoms with Gasteiger partial charge in [0.25, 0.3) is 0 Å². The van der Waals surface area contributed by atoms with Crippen LogP contribution < -0.4 is 5.32 Å². The highest BCUT2D eigenvalue weighted by molar-refractivity contribution is 9.10. The van der Waals surface area contributed by atoms with Crippen molar-refractivity contribution in [1.29, 1.82) is 0 Å². The summed E-state index contributed by atoms with van der Waals surface area (Å²) in [5.74, 6) is 0.648. The Balaban J connectivity index is 2.11. The molecule has 0 aliphatic carbocycles. The lowest BCUT2D eigenvalue weighted by atomic mass is 9.96. The van der Waals surface area contributed by atoms with Crippen molar-refractivity contribution in [1.82, 2.24) is 10.2 Å². The van der Waals surface area contributed by atoms with Gasteiger partial charge < -0.3 is 5.32 Å². The van der Waals surface area contributed by atoms with Crippen molar-refractivity contribution >= 4 is 27.5 Å². The number of nitrogens with zero attached hydrogens (tertiary/aromatic N) is 1. The number of benzene rings is 1. The van der Waals surface area contributed by atoms with E-state index < -0.39 is 0 Å². The average molecular weight is 374 g/mol. The molecular formula is C17H26BrClN2. The van der Waals surface area contributed by atoms with Crippen LogP contribution in [0.15, 0.2) is 22.7 Å². The number of halogens is 2. The largest absolute Gasteiger partial charge is 0.311 e. The third-order valence-electron chi connectivity index (χ3n) is 4.33. The van der Waals surface area contributed by atoms with E-state index in [0.717, 1.165) is 29.1 Å². The third-order valence-corrected chi connectivity index (χ3v) is 5.18. The molecule has 0 radical (unpaired) electrons. The van der Waals surface area contributed by atoms with E-state index >= 15 is 0 Å². The van der Waals surface area contributed by atoms with E-state index in [1.54, 1.807) is 0 Å². The van der Waals surface area contributed by atoms with Crippen LogP contribution in [0.1, 0.15) is 39.2 Å². The normalized spacial score (nSPS) is 23.7. The van der Waals surface area contributed by atoms with Gasteiger partial charge in [-0.25, -0.2) is 0 Å². The lowest BCUT2D eigenvalue weighted by Gasteiger charge is -2.42. The summed E-state index contributed by atoms with van der Waals surface area (Å²) >= 11 is 9.88. The first-order valence-electron chi connectivity index (χ1n) is 7.92. The maximum atomic E-state index is 6.40. The Morgan fingerprint density at radius 2 is 2.19 bits per heavy atom. The van der Waals surface area contributed by atoms with E-state index in [-0.39, 0.29) is 0 Å². The molecule has 1 N–H and O–H groups in total. The van der Waals surface area contributed by atoms with Crippen LogP contribution >= 0.6 is 27.5 Å². The molecule has 4 heteroatoms. The highest BCUT2D eigenvalue weighted by Gasteiger charge is 2.29. The monoisotopic (exact) mass is 372 g/mol. The highest BCUT2D eigenvalue weighted by Crippen LogP contribution is 2.25. The number of hydrogen-bond acceptors (Lipinski definition) is 2. The predicted molar refractivity (Wildman–Crippen MR) is 94.9 cm³/mol. The minimum absolute atomic E-state index is 0.581. The topological polar surface area (TPSA) is 15.3 Å². The van der Waals surface area contributed by atoms with Gasteiger partial charge in [0.1, 0.15) is 0 Å². The number of hydrogen-bond donors (Lipinski definition) is 1. The molecule has 1 fully saturated rings. The maximum Gasteiger partial charge on any atom is 0.0462 e. The molecule has 0 amide bonds. The Hall–Kier alpha value is -0.0900. The molecular weight excluding hydrogens is 348 g/mol. The molecule has 0 saturated carbocycles. The third kappa shape index (κ3) is 4.69. The molecule has 2 atom stereocenters. The van der Waals surface area contributed by atoms with Gasteiger partial charge in [-0.1, -0.05) is 60.8 Å². The SMILES string of the molecule is CCCC1CN(Cc2ccc(Br)cc2Cl)C(C(C)C)CN1. The Labute approximate surface area is 142 Å². The van der Waals surface area contributed by atoms with Crippen LogP contribution in [0.5, 0.6) is 0 Å². The van der Waals surface area contributed by atoms with Crippen LogP contribution in [-0.2, 0) is 6.54 Å². The number of nitrogens with one attached hydrogen (secondary N) is 1. The first kappa shape index (κ1) is 17.3. The molecule has 0 spiro atoms. The molecule has 1 aliphatic rings. The van der Waals surface area contributed by atoms with Crippen LogP contribution in [-0.4, -0.2) is 30.1 Å². The minimum Gasteiger partial charge on any atom is -0.311 e. The molecule has 1 aromatic rings. The molecule has 0 bridgehead atoms. The molecule has 0 aromatic heterocycles. The van der Waals surface area contributed by atoms with Crippen molar-refractivity contribution in [2.45, 2.75) is 52.2 Å². The summed E-state index contributed by atoms with van der Waals surface area (Å²) in [6.45, 7) is 10.0. The van der Waals surface area contributed by atoms with Gasteiger partial charge in [0.2, 0.25) is 0 Å². The zero-order valence-corrected chi connectivity index (χ0v) is 15.5. The summed E-state index contributed by atoms with van der Waals surface area (Å²) in [5, 5.41) is 4.57. The molecule has 1 aromatic carbocycles. The van der Waals surface area contributed by atoms with Crippen molar-refractivity contribution in [2.75, 3.05) is 13.1 Å². The van der Waals surface area contributed by atoms with Crippen molar-refractivity contribution in [3.8, 4) is 0 Å². The smallest absolute Gasteiger partial charge is 0.0462 e. The van der Waals surface area contributed by atoms with Gasteiger partial charge in [-0.2, -0.15) is 0 Å². The Morgan fingerprint density at radius 1 is 1.43 bits per heavy atom. The summed E-state index contributed by atoms with van der Waals surface area (Å²) in [4.78, 5) is 2.61. The molecule has 1 aliphatic heterocycles. The van der Waals surface area contributed by atoms with E-state index in [1.807, 2.05) is 6.07 Å². The van der Waals surface area contributed by atoms with Gasteiger partial charge in [-0.3, -0.25) is 4.90 Å². The van der Waals surface area contributed by atoms with Gasteiger partial charge in [0.15, 0.2) is 0 Å². The van der Waals surface area contributed by atoms with Crippen LogP contribution in [0.4, 0.5) is 0 Å². The standard InChI is InChI=1S/C17H26BrClN2/c1-4-5-15-11-21(17(9-20-15)12(2)3)10-13-6-7-14(18)8-16(13)19/h6-8,12,15,17,20H,4-5,9-11H2,1-3H3. The fourth-order valence-corrected chi connectivity index (χ4v) is 3.88. The van der Waals surface area contributed by atoms with E-state index in [4.69, 9.17) is 11.6 Å². The van der Waals surface area contributed by atoms with Crippen molar-refractivity contribution in [2.24, 2.45) is 5.92 Å². The maximum absolute atomic E-state index is 6.40. The van der Waals surface area contributed by atoms with E-state index in [1.165, 1.54) is 18.4 Å². The van der Waals surface area contributed by atoms with Crippen molar-refractivity contribution in [3.63, 3.8) is 0 Å². The predicted octanol–water partition coefficient (Wildman–Crippen LogP) is 4.70. The fraction of sp³-hybridized carbons (Fsp3) is 0.647. The fourth-order valence-electron chi connectivity index (χ4n) is 3.15. The van der Waals surface area contributed by atoms with Gasteiger partial charge in [0.05, 0.1) is 0 Å². The molecule has 2 rings (SSSR count). The van der Waals surface area contributed by atoms with E-state index in [2.05, 4.69) is 59.1 Å². The van der Waals surface area contributed by atoms with Gasteiger partial charge in [0, 0.05) is 41.2 Å². The molecule has 2 unspecified atom stereocenters. The second kappa shape index (κ2) is 7.96. The summed E-state index contributed by atoms with van der Waals surface area (Å²) in [5.41, 5.74) is 1.22. The lowest BCUT2D eigenvalue weighted by Crippen LogP contribution is -2.57. The minimum atomic E-state index is 0.581. The van der Waals surface area contributed by atoms with Crippen molar-refractivity contribution in [3.05, 3.63) is 33.3 Å². The lowest BCUT2D eigenvalue weighted by molar-refractivity contribution is 0.0885. The van der Waals surface area contributed by atoms with Crippen LogP contribution in [0.3, 0.4) is 0 Å². The molecule has 1 saturated heterocycles. The van der Waals surface area contributed by atoms with Gasteiger partial charge >= 0.3 is 0 Å². The Kier molecular flexibility index (Phi) is 6.54. The first-order chi connectivity index (χ1) is 10.0. The summed E-state index contributed by atoms with van der Waals surface area (Å²) in [6.07, 6.45) is 2.48. The second-order valence-corrected chi connectivity index (χ2v) is 7.69. The van der Waals surface area contributed by atoms with E-state index in [0.29, 0.717) is 18.0 Å².